The standard InChI is InChI=1S/C22H27FN2S/c1-2-18-8-6-7-11-21(18)24-22(26)25(20-9-4-3-5-10-20)16-17-12-14-19(23)15-13-17/h6-8,11-15,20H,2-5,9-10,16H2,1H3,(H,24,26). The van der Waals surface area contributed by atoms with E-state index in [4.69, 9.17) is 12.2 Å². The highest BCUT2D eigenvalue weighted by Gasteiger charge is 2.24. The largest absolute Gasteiger partial charge is 0.342 e. The van der Waals surface area contributed by atoms with Crippen molar-refractivity contribution >= 4 is 23.0 Å². The Hall–Kier alpha value is -1.94. The van der Waals surface area contributed by atoms with Crippen LogP contribution in [0.5, 0.6) is 0 Å². The molecule has 1 aliphatic rings. The number of aryl methyl sites for hydroxylation is 1. The smallest absolute Gasteiger partial charge is 0.173 e. The molecule has 26 heavy (non-hydrogen) atoms. The third-order valence-corrected chi connectivity index (χ3v) is 5.52. The molecule has 0 amide bonds. The average Bonchev–Trinajstić information content (AvgIpc) is 2.68. The van der Waals surface area contributed by atoms with E-state index in [0.717, 1.165) is 22.8 Å². The second-order valence-corrected chi connectivity index (χ2v) is 7.37. The van der Waals surface area contributed by atoms with Gasteiger partial charge in [0.1, 0.15) is 5.82 Å². The first-order chi connectivity index (χ1) is 12.7. The van der Waals surface area contributed by atoms with E-state index in [1.807, 2.05) is 18.2 Å². The molecule has 2 aromatic carbocycles. The molecule has 0 heterocycles. The lowest BCUT2D eigenvalue weighted by molar-refractivity contribution is 0.240. The summed E-state index contributed by atoms with van der Waals surface area (Å²) in [4.78, 5) is 2.30. The lowest BCUT2D eigenvalue weighted by Crippen LogP contribution is -2.43. The molecule has 2 aromatic rings. The number of benzene rings is 2. The molecule has 0 radical (unpaired) electrons. The highest BCUT2D eigenvalue weighted by Crippen LogP contribution is 2.26. The third-order valence-electron chi connectivity index (χ3n) is 5.18. The van der Waals surface area contributed by atoms with Gasteiger partial charge in [0, 0.05) is 18.3 Å². The van der Waals surface area contributed by atoms with E-state index in [1.165, 1.54) is 49.8 Å². The van der Waals surface area contributed by atoms with Crippen LogP contribution in [0.15, 0.2) is 48.5 Å². The summed E-state index contributed by atoms with van der Waals surface area (Å²) >= 11 is 5.81. The fourth-order valence-corrected chi connectivity index (χ4v) is 4.01. The second kappa shape index (κ2) is 9.13. The maximum absolute atomic E-state index is 13.3. The Morgan fingerprint density at radius 1 is 1.08 bits per heavy atom. The lowest BCUT2D eigenvalue weighted by Gasteiger charge is -2.36. The van der Waals surface area contributed by atoms with Crippen LogP contribution in [0.2, 0.25) is 0 Å². The Morgan fingerprint density at radius 2 is 1.77 bits per heavy atom. The minimum atomic E-state index is -0.199. The molecule has 2 nitrogen and oxygen atoms in total. The number of hydrogen-bond donors (Lipinski definition) is 1. The summed E-state index contributed by atoms with van der Waals surface area (Å²) in [5.41, 5.74) is 3.44. The fraction of sp³-hybridized carbons (Fsp3) is 0.409. The van der Waals surface area contributed by atoms with Gasteiger partial charge in [-0.05, 0) is 60.8 Å². The van der Waals surface area contributed by atoms with Crippen molar-refractivity contribution in [2.24, 2.45) is 0 Å². The van der Waals surface area contributed by atoms with Gasteiger partial charge in [0.25, 0.3) is 0 Å². The first-order valence-corrected chi connectivity index (χ1v) is 9.98. The van der Waals surface area contributed by atoms with Gasteiger partial charge in [-0.15, -0.1) is 0 Å². The van der Waals surface area contributed by atoms with E-state index in [0.29, 0.717) is 12.6 Å². The molecule has 1 fully saturated rings. The van der Waals surface area contributed by atoms with Crippen LogP contribution in [-0.2, 0) is 13.0 Å². The summed E-state index contributed by atoms with van der Waals surface area (Å²) in [7, 11) is 0. The monoisotopic (exact) mass is 370 g/mol. The van der Waals surface area contributed by atoms with Crippen molar-refractivity contribution in [2.45, 2.75) is 58.0 Å². The number of anilines is 1. The molecule has 0 saturated heterocycles. The summed E-state index contributed by atoms with van der Waals surface area (Å²) in [5, 5.41) is 4.24. The highest BCUT2D eigenvalue weighted by atomic mass is 32.1. The van der Waals surface area contributed by atoms with Gasteiger partial charge in [0.05, 0.1) is 0 Å². The van der Waals surface area contributed by atoms with Crippen molar-refractivity contribution in [3.63, 3.8) is 0 Å². The molecule has 1 N–H and O–H groups in total. The topological polar surface area (TPSA) is 15.3 Å². The second-order valence-electron chi connectivity index (χ2n) is 6.99. The highest BCUT2D eigenvalue weighted by molar-refractivity contribution is 7.80. The zero-order chi connectivity index (χ0) is 18.4. The van der Waals surface area contributed by atoms with Crippen LogP contribution in [0.3, 0.4) is 0 Å². The number of nitrogens with one attached hydrogen (secondary N) is 1. The molecule has 138 valence electrons. The molecular weight excluding hydrogens is 343 g/mol. The van der Waals surface area contributed by atoms with Gasteiger partial charge in [0.2, 0.25) is 0 Å². The SMILES string of the molecule is CCc1ccccc1NC(=S)N(Cc1ccc(F)cc1)C1CCCCC1. The van der Waals surface area contributed by atoms with Gasteiger partial charge in [-0.1, -0.05) is 56.5 Å². The van der Waals surface area contributed by atoms with Crippen LogP contribution >= 0.6 is 12.2 Å². The predicted molar refractivity (Wildman–Crippen MR) is 111 cm³/mol. The Morgan fingerprint density at radius 3 is 2.46 bits per heavy atom. The lowest BCUT2D eigenvalue weighted by atomic mass is 9.94. The summed E-state index contributed by atoms with van der Waals surface area (Å²) in [6.45, 7) is 2.87. The quantitative estimate of drug-likeness (QED) is 0.658. The van der Waals surface area contributed by atoms with E-state index in [9.17, 15) is 4.39 Å². The van der Waals surface area contributed by atoms with Crippen LogP contribution in [0.4, 0.5) is 10.1 Å². The van der Waals surface area contributed by atoms with Crippen molar-refractivity contribution in [1.82, 2.24) is 4.90 Å². The molecule has 0 aromatic heterocycles. The molecule has 4 heteroatoms. The van der Waals surface area contributed by atoms with Crippen molar-refractivity contribution in [2.75, 3.05) is 5.32 Å². The first kappa shape index (κ1) is 18.8. The zero-order valence-electron chi connectivity index (χ0n) is 15.4. The summed E-state index contributed by atoms with van der Waals surface area (Å²) in [6, 6.07) is 15.5. The molecule has 1 aliphatic carbocycles. The summed E-state index contributed by atoms with van der Waals surface area (Å²) in [6.07, 6.45) is 7.10. The summed E-state index contributed by atoms with van der Waals surface area (Å²) < 4.78 is 13.3. The molecular formula is C22H27FN2S. The molecule has 0 bridgehead atoms. The minimum absolute atomic E-state index is 0.199. The van der Waals surface area contributed by atoms with Gasteiger partial charge in [0.15, 0.2) is 5.11 Å². The van der Waals surface area contributed by atoms with Crippen molar-refractivity contribution in [1.29, 1.82) is 0 Å². The van der Waals surface area contributed by atoms with E-state index in [2.05, 4.69) is 35.3 Å². The average molecular weight is 371 g/mol. The number of hydrogen-bond acceptors (Lipinski definition) is 1. The fourth-order valence-electron chi connectivity index (χ4n) is 3.68. The van der Waals surface area contributed by atoms with Gasteiger partial charge in [-0.25, -0.2) is 4.39 Å². The van der Waals surface area contributed by atoms with Gasteiger partial charge >= 0.3 is 0 Å². The van der Waals surface area contributed by atoms with Gasteiger partial charge < -0.3 is 10.2 Å². The van der Waals surface area contributed by atoms with Crippen molar-refractivity contribution in [3.8, 4) is 0 Å². The number of halogens is 1. The molecule has 0 unspecified atom stereocenters. The van der Waals surface area contributed by atoms with E-state index in [-0.39, 0.29) is 5.82 Å². The van der Waals surface area contributed by atoms with Gasteiger partial charge in [-0.2, -0.15) is 0 Å². The Balaban J connectivity index is 1.79. The predicted octanol–water partition coefficient (Wildman–Crippen LogP) is 5.92. The third kappa shape index (κ3) is 4.82. The van der Waals surface area contributed by atoms with Crippen LogP contribution in [0.25, 0.3) is 0 Å². The Kier molecular flexibility index (Phi) is 6.62. The number of nitrogens with zero attached hydrogens (tertiary/aromatic N) is 1. The van der Waals surface area contributed by atoms with Crippen LogP contribution in [0.1, 0.15) is 50.2 Å². The number of rotatable bonds is 5. The van der Waals surface area contributed by atoms with E-state index < -0.39 is 0 Å². The van der Waals surface area contributed by atoms with E-state index in [1.54, 1.807) is 0 Å². The first-order valence-electron chi connectivity index (χ1n) is 9.57. The van der Waals surface area contributed by atoms with Crippen LogP contribution in [0, 0.1) is 5.82 Å². The maximum Gasteiger partial charge on any atom is 0.173 e. The summed E-state index contributed by atoms with van der Waals surface area (Å²) in [5.74, 6) is -0.199. The van der Waals surface area contributed by atoms with E-state index >= 15 is 0 Å². The van der Waals surface area contributed by atoms with Crippen LogP contribution in [-0.4, -0.2) is 16.1 Å². The molecule has 0 spiro atoms. The van der Waals surface area contributed by atoms with Crippen molar-refractivity contribution in [3.05, 3.63) is 65.5 Å². The van der Waals surface area contributed by atoms with Crippen LogP contribution < -0.4 is 5.32 Å². The maximum atomic E-state index is 13.3. The zero-order valence-corrected chi connectivity index (χ0v) is 16.2. The molecule has 1 saturated carbocycles. The van der Waals surface area contributed by atoms with Gasteiger partial charge in [-0.3, -0.25) is 0 Å². The number of para-hydroxylation sites is 1. The normalized spacial score (nSPS) is 14.8. The van der Waals surface area contributed by atoms with Crippen molar-refractivity contribution < 1.29 is 4.39 Å². The number of thiocarbonyl (C=S) groups is 1. The minimum Gasteiger partial charge on any atom is -0.342 e. The molecule has 3 rings (SSSR count). The molecule has 0 atom stereocenters. The Labute approximate surface area is 161 Å². The molecule has 0 aliphatic heterocycles. The Bertz CT molecular complexity index is 723.